The van der Waals surface area contributed by atoms with Crippen LogP contribution in [-0.4, -0.2) is 40.1 Å². The second-order valence-corrected chi connectivity index (χ2v) is 6.60. The molecule has 0 spiro atoms. The van der Waals surface area contributed by atoms with Crippen molar-refractivity contribution in [3.63, 3.8) is 0 Å². The summed E-state index contributed by atoms with van der Waals surface area (Å²) in [5.41, 5.74) is 7.97. The van der Waals surface area contributed by atoms with Crippen LogP contribution in [0.3, 0.4) is 0 Å². The van der Waals surface area contributed by atoms with Crippen LogP contribution in [0, 0.1) is 0 Å². The molecule has 0 aliphatic carbocycles. The molecule has 0 saturated carbocycles. The van der Waals surface area contributed by atoms with Gasteiger partial charge in [-0.25, -0.2) is 4.98 Å². The summed E-state index contributed by atoms with van der Waals surface area (Å²) in [7, 11) is 1.63. The first-order chi connectivity index (χ1) is 11.9. The van der Waals surface area contributed by atoms with Crippen molar-refractivity contribution >= 4 is 16.8 Å². The Hall–Kier alpha value is -2.93. The third-order valence-corrected chi connectivity index (χ3v) is 3.68. The monoisotopic (exact) mass is 339 g/mol. The Kier molecular flexibility index (Phi) is 4.41. The lowest BCUT2D eigenvalue weighted by molar-refractivity contribution is 0.0940. The zero-order chi connectivity index (χ0) is 18.0. The van der Waals surface area contributed by atoms with Crippen molar-refractivity contribution in [2.24, 2.45) is 5.73 Å². The van der Waals surface area contributed by atoms with Gasteiger partial charge >= 0.3 is 0 Å². The van der Waals surface area contributed by atoms with E-state index in [0.29, 0.717) is 12.2 Å². The number of hydrogen-bond donors (Lipinski definition) is 3. The summed E-state index contributed by atoms with van der Waals surface area (Å²) >= 11 is 0. The quantitative estimate of drug-likeness (QED) is 0.660. The van der Waals surface area contributed by atoms with E-state index in [4.69, 9.17) is 10.5 Å². The van der Waals surface area contributed by atoms with E-state index >= 15 is 0 Å². The van der Waals surface area contributed by atoms with E-state index in [1.165, 1.54) is 6.20 Å². The SMILES string of the molecule is COc1ccc2[nH]c(-c3cncc(C(=O)NCC(C)(C)N)n3)cc2c1. The lowest BCUT2D eigenvalue weighted by Gasteiger charge is -2.18. The summed E-state index contributed by atoms with van der Waals surface area (Å²) in [6.07, 6.45) is 3.06. The molecule has 3 aromatic rings. The van der Waals surface area contributed by atoms with Gasteiger partial charge in [0.2, 0.25) is 0 Å². The number of aromatic amines is 1. The van der Waals surface area contributed by atoms with Gasteiger partial charge < -0.3 is 20.8 Å². The third-order valence-electron chi connectivity index (χ3n) is 3.68. The fourth-order valence-electron chi connectivity index (χ4n) is 2.38. The van der Waals surface area contributed by atoms with E-state index in [-0.39, 0.29) is 11.6 Å². The Bertz CT molecular complexity index is 911. The van der Waals surface area contributed by atoms with Crippen LogP contribution in [0.2, 0.25) is 0 Å². The number of carbonyl (C=O) groups is 1. The number of carbonyl (C=O) groups excluding carboxylic acids is 1. The highest BCUT2D eigenvalue weighted by atomic mass is 16.5. The molecule has 7 heteroatoms. The molecule has 7 nitrogen and oxygen atoms in total. The number of benzene rings is 1. The molecule has 0 aliphatic rings. The molecule has 0 atom stereocenters. The van der Waals surface area contributed by atoms with Gasteiger partial charge in [0, 0.05) is 23.0 Å². The maximum atomic E-state index is 12.2. The van der Waals surface area contributed by atoms with Gasteiger partial charge in [-0.2, -0.15) is 0 Å². The van der Waals surface area contributed by atoms with Crippen LogP contribution < -0.4 is 15.8 Å². The Morgan fingerprint density at radius 3 is 2.84 bits per heavy atom. The van der Waals surface area contributed by atoms with Crippen LogP contribution in [0.1, 0.15) is 24.3 Å². The van der Waals surface area contributed by atoms with E-state index in [9.17, 15) is 4.79 Å². The second kappa shape index (κ2) is 6.52. The Balaban J connectivity index is 1.87. The van der Waals surface area contributed by atoms with Gasteiger partial charge in [-0.1, -0.05) is 0 Å². The zero-order valence-electron chi connectivity index (χ0n) is 14.5. The zero-order valence-corrected chi connectivity index (χ0v) is 14.5. The lowest BCUT2D eigenvalue weighted by atomic mass is 10.1. The second-order valence-electron chi connectivity index (χ2n) is 6.60. The molecule has 130 valence electrons. The van der Waals surface area contributed by atoms with Crippen molar-refractivity contribution in [3.05, 3.63) is 42.4 Å². The summed E-state index contributed by atoms with van der Waals surface area (Å²) < 4.78 is 5.24. The number of nitrogens with zero attached hydrogens (tertiary/aromatic N) is 2. The van der Waals surface area contributed by atoms with Crippen LogP contribution in [0.5, 0.6) is 5.75 Å². The van der Waals surface area contributed by atoms with Crippen LogP contribution in [0.15, 0.2) is 36.7 Å². The highest BCUT2D eigenvalue weighted by Gasteiger charge is 2.15. The fraction of sp³-hybridized carbons (Fsp3) is 0.278. The van der Waals surface area contributed by atoms with Gasteiger partial charge in [-0.15, -0.1) is 0 Å². The first-order valence-electron chi connectivity index (χ1n) is 7.92. The molecule has 3 rings (SSSR count). The van der Waals surface area contributed by atoms with Crippen molar-refractivity contribution in [1.82, 2.24) is 20.3 Å². The molecule has 2 aromatic heterocycles. The number of ether oxygens (including phenoxy) is 1. The van der Waals surface area contributed by atoms with Crippen molar-refractivity contribution in [2.45, 2.75) is 19.4 Å². The van der Waals surface area contributed by atoms with E-state index in [1.54, 1.807) is 13.3 Å². The fourth-order valence-corrected chi connectivity index (χ4v) is 2.38. The molecule has 4 N–H and O–H groups in total. The summed E-state index contributed by atoms with van der Waals surface area (Å²) in [5.74, 6) is 0.479. The molecule has 25 heavy (non-hydrogen) atoms. The van der Waals surface area contributed by atoms with Crippen molar-refractivity contribution in [1.29, 1.82) is 0 Å². The third kappa shape index (κ3) is 3.95. The van der Waals surface area contributed by atoms with Gasteiger partial charge in [0.25, 0.3) is 5.91 Å². The number of hydrogen-bond acceptors (Lipinski definition) is 5. The molecule has 1 amide bonds. The average molecular weight is 339 g/mol. The molecule has 0 bridgehead atoms. The van der Waals surface area contributed by atoms with Gasteiger partial charge in [0.15, 0.2) is 0 Å². The number of rotatable bonds is 5. The standard InChI is InChI=1S/C18H21N5O2/c1-18(2,19)10-21-17(24)16-9-20-8-15(23-16)14-7-11-6-12(25-3)4-5-13(11)22-14/h4-9,22H,10,19H2,1-3H3,(H,21,24). The summed E-state index contributed by atoms with van der Waals surface area (Å²) in [5, 5.41) is 3.76. The molecule has 2 heterocycles. The molecule has 1 aromatic carbocycles. The van der Waals surface area contributed by atoms with E-state index < -0.39 is 5.54 Å². The molecule has 0 radical (unpaired) electrons. The molecule has 0 unspecified atom stereocenters. The predicted octanol–water partition coefficient (Wildman–Crippen LogP) is 2.10. The van der Waals surface area contributed by atoms with Crippen molar-refractivity contribution < 1.29 is 9.53 Å². The lowest BCUT2D eigenvalue weighted by Crippen LogP contribution is -2.45. The van der Waals surface area contributed by atoms with Gasteiger partial charge in [-0.05, 0) is 38.1 Å². The summed E-state index contributed by atoms with van der Waals surface area (Å²) in [4.78, 5) is 24.0. The number of nitrogens with one attached hydrogen (secondary N) is 2. The smallest absolute Gasteiger partial charge is 0.271 e. The van der Waals surface area contributed by atoms with Crippen molar-refractivity contribution in [2.75, 3.05) is 13.7 Å². The Morgan fingerprint density at radius 1 is 1.32 bits per heavy atom. The minimum absolute atomic E-state index is 0.248. The largest absolute Gasteiger partial charge is 0.497 e. The van der Waals surface area contributed by atoms with Crippen LogP contribution in [0.25, 0.3) is 22.3 Å². The van der Waals surface area contributed by atoms with Gasteiger partial charge in [0.05, 0.1) is 25.2 Å². The van der Waals surface area contributed by atoms with Crippen LogP contribution in [-0.2, 0) is 0 Å². The van der Waals surface area contributed by atoms with Crippen LogP contribution >= 0.6 is 0 Å². The maximum Gasteiger partial charge on any atom is 0.271 e. The highest BCUT2D eigenvalue weighted by Crippen LogP contribution is 2.25. The van der Waals surface area contributed by atoms with E-state index in [2.05, 4.69) is 20.3 Å². The van der Waals surface area contributed by atoms with Crippen LogP contribution in [0.4, 0.5) is 0 Å². The molecular weight excluding hydrogens is 318 g/mol. The molecule has 0 fully saturated rings. The van der Waals surface area contributed by atoms with E-state index in [1.807, 2.05) is 38.1 Å². The molecular formula is C18H21N5O2. The van der Waals surface area contributed by atoms with Gasteiger partial charge in [-0.3, -0.25) is 9.78 Å². The highest BCUT2D eigenvalue weighted by molar-refractivity contribution is 5.93. The van der Waals surface area contributed by atoms with E-state index in [0.717, 1.165) is 22.3 Å². The number of methoxy groups -OCH3 is 1. The van der Waals surface area contributed by atoms with Crippen molar-refractivity contribution in [3.8, 4) is 17.1 Å². The average Bonchev–Trinajstić information content (AvgIpc) is 3.02. The minimum Gasteiger partial charge on any atom is -0.497 e. The molecule has 0 aliphatic heterocycles. The van der Waals surface area contributed by atoms with Gasteiger partial charge in [0.1, 0.15) is 17.1 Å². The topological polar surface area (TPSA) is 106 Å². The predicted molar refractivity (Wildman–Crippen MR) is 96.5 cm³/mol. The number of H-pyrrole nitrogens is 1. The summed E-state index contributed by atoms with van der Waals surface area (Å²) in [6.45, 7) is 4.03. The normalized spacial score (nSPS) is 11.5. The first kappa shape index (κ1) is 16.9. The number of aromatic nitrogens is 3. The number of amides is 1. The minimum atomic E-state index is -0.489. The molecule has 0 saturated heterocycles. The summed E-state index contributed by atoms with van der Waals surface area (Å²) in [6, 6.07) is 7.70. The Labute approximate surface area is 145 Å². The maximum absolute atomic E-state index is 12.2. The number of fused-ring (bicyclic) bond motifs is 1. The number of nitrogens with two attached hydrogens (primary N) is 1. The first-order valence-corrected chi connectivity index (χ1v) is 7.92. The Morgan fingerprint density at radius 2 is 2.12 bits per heavy atom.